The normalized spacial score (nSPS) is 12.3. The van der Waals surface area contributed by atoms with Crippen LogP contribution in [-0.2, 0) is 0 Å². The second-order valence-corrected chi connectivity index (χ2v) is 6.34. The van der Waals surface area contributed by atoms with Gasteiger partial charge in [0.1, 0.15) is 18.1 Å². The van der Waals surface area contributed by atoms with Crippen LogP contribution in [0.5, 0.6) is 17.2 Å². The van der Waals surface area contributed by atoms with Gasteiger partial charge in [0.2, 0.25) is 0 Å². The van der Waals surface area contributed by atoms with E-state index in [2.05, 4.69) is 0 Å². The van der Waals surface area contributed by atoms with Crippen LogP contribution < -0.4 is 19.9 Å². The number of anilines is 1. The van der Waals surface area contributed by atoms with Gasteiger partial charge in [0.25, 0.3) is 11.8 Å². The first-order valence-electron chi connectivity index (χ1n) is 9.02. The maximum absolute atomic E-state index is 13.1. The van der Waals surface area contributed by atoms with E-state index < -0.39 is 5.91 Å². The Morgan fingerprint density at radius 3 is 2.59 bits per heavy atom. The molecule has 0 aliphatic carbocycles. The molecule has 2 amide bonds. The summed E-state index contributed by atoms with van der Waals surface area (Å²) < 4.78 is 11.7. The summed E-state index contributed by atoms with van der Waals surface area (Å²) in [5, 5.41) is 8.76. The minimum Gasteiger partial charge on any atom is -0.492 e. The molecule has 1 heterocycles. The second kappa shape index (κ2) is 8.04. The van der Waals surface area contributed by atoms with Crippen LogP contribution in [0.25, 0.3) is 0 Å². The van der Waals surface area contributed by atoms with Crippen molar-refractivity contribution in [3.05, 3.63) is 83.9 Å². The highest BCUT2D eigenvalue weighted by molar-refractivity contribution is 6.09. The number of hydroxylamine groups is 1. The molecule has 3 aromatic carbocycles. The Labute approximate surface area is 167 Å². The standard InChI is InChI=1S/C22H18N2O5/c25-21(23-27)15-6-5-7-16(14-15)28-13-12-24-18-9-2-4-11-20(18)29-19-10-3-1-8-17(19)22(24)26/h1-11,14,27H,12-13H2,(H,23,25). The number of carbonyl (C=O) groups is 2. The lowest BCUT2D eigenvalue weighted by atomic mass is 10.1. The van der Waals surface area contributed by atoms with Gasteiger partial charge in [-0.25, -0.2) is 5.48 Å². The van der Waals surface area contributed by atoms with Crippen molar-refractivity contribution in [3.63, 3.8) is 0 Å². The summed E-state index contributed by atoms with van der Waals surface area (Å²) in [5.74, 6) is 0.755. The van der Waals surface area contributed by atoms with E-state index in [1.165, 1.54) is 6.07 Å². The Bertz CT molecular complexity index is 1070. The monoisotopic (exact) mass is 390 g/mol. The summed E-state index contributed by atoms with van der Waals surface area (Å²) in [6.45, 7) is 0.483. The Kier molecular flexibility index (Phi) is 5.13. The molecule has 1 aliphatic rings. The zero-order chi connectivity index (χ0) is 20.2. The van der Waals surface area contributed by atoms with Gasteiger partial charge in [-0.15, -0.1) is 0 Å². The minimum atomic E-state index is -0.624. The predicted octanol–water partition coefficient (Wildman–Crippen LogP) is 3.64. The van der Waals surface area contributed by atoms with Gasteiger partial charge in [0.15, 0.2) is 5.75 Å². The van der Waals surface area contributed by atoms with Crippen LogP contribution in [-0.4, -0.2) is 30.2 Å². The van der Waals surface area contributed by atoms with Crippen LogP contribution in [0.2, 0.25) is 0 Å². The molecule has 0 radical (unpaired) electrons. The van der Waals surface area contributed by atoms with Gasteiger partial charge >= 0.3 is 0 Å². The summed E-state index contributed by atoms with van der Waals surface area (Å²) in [5.41, 5.74) is 2.99. The number of fused-ring (bicyclic) bond motifs is 2. The number of rotatable bonds is 5. The van der Waals surface area contributed by atoms with Crippen LogP contribution in [0, 0.1) is 0 Å². The molecule has 0 bridgehead atoms. The number of para-hydroxylation sites is 3. The van der Waals surface area contributed by atoms with Crippen LogP contribution in [0.15, 0.2) is 72.8 Å². The largest absolute Gasteiger partial charge is 0.492 e. The fourth-order valence-corrected chi connectivity index (χ4v) is 3.14. The van der Waals surface area contributed by atoms with E-state index in [0.29, 0.717) is 28.5 Å². The molecule has 7 nitrogen and oxygen atoms in total. The van der Waals surface area contributed by atoms with Gasteiger partial charge in [-0.2, -0.15) is 0 Å². The van der Waals surface area contributed by atoms with Gasteiger partial charge in [-0.3, -0.25) is 14.8 Å². The zero-order valence-electron chi connectivity index (χ0n) is 15.4. The molecular weight excluding hydrogens is 372 g/mol. The van der Waals surface area contributed by atoms with Crippen LogP contribution in [0.4, 0.5) is 5.69 Å². The third-order valence-electron chi connectivity index (χ3n) is 4.52. The van der Waals surface area contributed by atoms with E-state index >= 15 is 0 Å². The molecule has 29 heavy (non-hydrogen) atoms. The van der Waals surface area contributed by atoms with Crippen molar-refractivity contribution in [2.24, 2.45) is 0 Å². The van der Waals surface area contributed by atoms with E-state index in [9.17, 15) is 9.59 Å². The average molecular weight is 390 g/mol. The number of ether oxygens (including phenoxy) is 2. The predicted molar refractivity (Wildman–Crippen MR) is 106 cm³/mol. The lowest BCUT2D eigenvalue weighted by Gasteiger charge is -2.22. The first kappa shape index (κ1) is 18.5. The summed E-state index contributed by atoms with van der Waals surface area (Å²) >= 11 is 0. The van der Waals surface area contributed by atoms with E-state index in [1.54, 1.807) is 46.8 Å². The maximum Gasteiger partial charge on any atom is 0.274 e. The highest BCUT2D eigenvalue weighted by atomic mass is 16.5. The molecule has 4 rings (SSSR count). The fourth-order valence-electron chi connectivity index (χ4n) is 3.14. The Morgan fingerprint density at radius 2 is 1.76 bits per heavy atom. The molecule has 0 atom stereocenters. The second-order valence-electron chi connectivity index (χ2n) is 6.34. The molecule has 0 unspecified atom stereocenters. The van der Waals surface area contributed by atoms with E-state index in [1.807, 2.05) is 30.3 Å². The van der Waals surface area contributed by atoms with Gasteiger partial charge in [0, 0.05) is 5.56 Å². The van der Waals surface area contributed by atoms with Crippen molar-refractivity contribution < 1.29 is 24.3 Å². The minimum absolute atomic E-state index is 0.178. The molecule has 146 valence electrons. The summed E-state index contributed by atoms with van der Waals surface area (Å²) in [6, 6.07) is 20.9. The van der Waals surface area contributed by atoms with Crippen LogP contribution >= 0.6 is 0 Å². The lowest BCUT2D eigenvalue weighted by molar-refractivity contribution is 0.0706. The smallest absolute Gasteiger partial charge is 0.274 e. The average Bonchev–Trinajstić information content (AvgIpc) is 2.88. The third-order valence-corrected chi connectivity index (χ3v) is 4.52. The molecule has 3 aromatic rings. The third kappa shape index (κ3) is 3.76. The molecular formula is C22H18N2O5. The molecule has 0 fully saturated rings. The van der Waals surface area contributed by atoms with E-state index in [-0.39, 0.29) is 24.6 Å². The summed E-state index contributed by atoms with van der Waals surface area (Å²) in [6.07, 6.45) is 0. The van der Waals surface area contributed by atoms with Crippen molar-refractivity contribution in [2.45, 2.75) is 0 Å². The Hall–Kier alpha value is -3.84. The van der Waals surface area contributed by atoms with Crippen molar-refractivity contribution >= 4 is 17.5 Å². The van der Waals surface area contributed by atoms with Crippen LogP contribution in [0.3, 0.4) is 0 Å². The number of hydrogen-bond acceptors (Lipinski definition) is 5. The summed E-state index contributed by atoms with van der Waals surface area (Å²) in [4.78, 5) is 26.3. The van der Waals surface area contributed by atoms with Crippen LogP contribution in [0.1, 0.15) is 20.7 Å². The Morgan fingerprint density at radius 1 is 1.00 bits per heavy atom. The summed E-state index contributed by atoms with van der Waals surface area (Å²) in [7, 11) is 0. The molecule has 7 heteroatoms. The molecule has 1 aliphatic heterocycles. The maximum atomic E-state index is 13.1. The zero-order valence-corrected chi connectivity index (χ0v) is 15.4. The molecule has 2 N–H and O–H groups in total. The fraction of sp³-hybridized carbons (Fsp3) is 0.0909. The van der Waals surface area contributed by atoms with Gasteiger partial charge < -0.3 is 14.4 Å². The lowest BCUT2D eigenvalue weighted by Crippen LogP contribution is -2.34. The molecule has 0 saturated carbocycles. The number of nitrogens with zero attached hydrogens (tertiary/aromatic N) is 1. The van der Waals surface area contributed by atoms with Gasteiger partial charge in [0.05, 0.1) is 17.8 Å². The topological polar surface area (TPSA) is 88.1 Å². The molecule has 0 spiro atoms. The van der Waals surface area contributed by atoms with Crippen molar-refractivity contribution in [2.75, 3.05) is 18.1 Å². The van der Waals surface area contributed by atoms with Gasteiger partial charge in [-0.05, 0) is 42.5 Å². The molecule has 0 saturated heterocycles. The van der Waals surface area contributed by atoms with Crippen molar-refractivity contribution in [1.29, 1.82) is 0 Å². The quantitative estimate of drug-likeness (QED) is 0.513. The Balaban J connectivity index is 1.55. The number of nitrogens with one attached hydrogen (secondary N) is 1. The molecule has 0 aromatic heterocycles. The van der Waals surface area contributed by atoms with E-state index in [0.717, 1.165) is 0 Å². The SMILES string of the molecule is O=C(NO)c1cccc(OCCN2C(=O)c3ccccc3Oc3ccccc32)c1. The highest BCUT2D eigenvalue weighted by Crippen LogP contribution is 2.38. The first-order valence-corrected chi connectivity index (χ1v) is 9.02. The van der Waals surface area contributed by atoms with Gasteiger partial charge in [-0.1, -0.05) is 30.3 Å². The number of benzene rings is 3. The van der Waals surface area contributed by atoms with Crippen molar-refractivity contribution in [3.8, 4) is 17.2 Å². The number of carbonyl (C=O) groups excluding carboxylic acids is 2. The first-order chi connectivity index (χ1) is 14.2. The van der Waals surface area contributed by atoms with Crippen molar-refractivity contribution in [1.82, 2.24) is 5.48 Å². The number of amides is 2. The number of hydrogen-bond donors (Lipinski definition) is 2. The van der Waals surface area contributed by atoms with E-state index in [4.69, 9.17) is 14.7 Å². The highest BCUT2D eigenvalue weighted by Gasteiger charge is 2.27.